The summed E-state index contributed by atoms with van der Waals surface area (Å²) in [6.45, 7) is 6.20. The first kappa shape index (κ1) is 11.0. The second-order valence-corrected chi connectivity index (χ2v) is 2.45. The molecule has 0 saturated carbocycles. The molecule has 0 heterocycles. The molecule has 0 aliphatic rings. The van der Waals surface area contributed by atoms with Gasteiger partial charge in [-0.25, -0.2) is 0 Å². The van der Waals surface area contributed by atoms with Crippen LogP contribution < -0.4 is 5.48 Å². The fraction of sp³-hybridized carbons (Fsp3) is 0.500. The molecule has 0 aliphatic carbocycles. The van der Waals surface area contributed by atoms with E-state index in [1.165, 1.54) is 21.0 Å². The molecule has 4 heteroatoms. The summed E-state index contributed by atoms with van der Waals surface area (Å²) in [5.41, 5.74) is 2.61. The van der Waals surface area contributed by atoms with Gasteiger partial charge in [0.1, 0.15) is 6.04 Å². The predicted octanol–water partition coefficient (Wildman–Crippen LogP) is 0.240. The highest BCUT2D eigenvalue weighted by Gasteiger charge is 2.19. The first-order valence-corrected chi connectivity index (χ1v) is 3.49. The maximum absolute atomic E-state index is 10.9. The Balaban J connectivity index is 4.40. The van der Waals surface area contributed by atoms with Crippen molar-refractivity contribution in [3.05, 3.63) is 12.2 Å². The van der Waals surface area contributed by atoms with Crippen LogP contribution in [0.2, 0.25) is 0 Å². The summed E-state index contributed by atoms with van der Waals surface area (Å²) in [5, 5.41) is 0. The third-order valence-electron chi connectivity index (χ3n) is 1.44. The molecule has 1 unspecified atom stereocenters. The van der Waals surface area contributed by atoms with E-state index >= 15 is 0 Å². The molecule has 0 saturated heterocycles. The fourth-order valence-electron chi connectivity index (χ4n) is 0.721. The summed E-state index contributed by atoms with van der Waals surface area (Å²) in [5.74, 6) is -0.420. The maximum Gasteiger partial charge on any atom is 0.157 e. The molecule has 0 aromatic carbocycles. The van der Waals surface area contributed by atoms with Crippen molar-refractivity contribution >= 4 is 11.6 Å². The van der Waals surface area contributed by atoms with E-state index in [2.05, 4.69) is 16.9 Å². The van der Waals surface area contributed by atoms with Gasteiger partial charge in [0.25, 0.3) is 0 Å². The Morgan fingerprint density at radius 3 is 2.17 bits per heavy atom. The third kappa shape index (κ3) is 2.94. The highest BCUT2D eigenvalue weighted by atomic mass is 16.6. The number of hydroxylamine groups is 1. The zero-order valence-electron chi connectivity index (χ0n) is 7.51. The van der Waals surface area contributed by atoms with Crippen molar-refractivity contribution in [1.82, 2.24) is 5.48 Å². The molecule has 0 aromatic heterocycles. The van der Waals surface area contributed by atoms with Gasteiger partial charge in [-0.1, -0.05) is 6.58 Å². The van der Waals surface area contributed by atoms with Crippen molar-refractivity contribution in [2.24, 2.45) is 0 Å². The summed E-state index contributed by atoms with van der Waals surface area (Å²) in [7, 11) is 1.38. The average molecular weight is 171 g/mol. The maximum atomic E-state index is 10.9. The van der Waals surface area contributed by atoms with Gasteiger partial charge in [-0.2, -0.15) is 5.48 Å². The Morgan fingerprint density at radius 1 is 1.42 bits per heavy atom. The monoisotopic (exact) mass is 171 g/mol. The highest BCUT2D eigenvalue weighted by molar-refractivity contribution is 6.01. The molecule has 0 aromatic rings. The van der Waals surface area contributed by atoms with Gasteiger partial charge in [-0.15, -0.1) is 0 Å². The van der Waals surface area contributed by atoms with Crippen molar-refractivity contribution in [2.45, 2.75) is 19.9 Å². The number of Topliss-reactive ketones (excluding diaryl/α,β-unsaturated/α-hetero) is 2. The summed E-state index contributed by atoms with van der Waals surface area (Å²) in [4.78, 5) is 26.3. The van der Waals surface area contributed by atoms with Crippen LogP contribution >= 0.6 is 0 Å². The normalized spacial score (nSPS) is 12.2. The van der Waals surface area contributed by atoms with Crippen LogP contribution in [0.5, 0.6) is 0 Å². The molecule has 4 nitrogen and oxygen atoms in total. The lowest BCUT2D eigenvalue weighted by molar-refractivity contribution is -0.123. The summed E-state index contributed by atoms with van der Waals surface area (Å²) < 4.78 is 0. The van der Waals surface area contributed by atoms with Crippen molar-refractivity contribution in [3.8, 4) is 0 Å². The number of hydrogen-bond donors (Lipinski definition) is 1. The van der Waals surface area contributed by atoms with Gasteiger partial charge in [0.05, 0.1) is 7.11 Å². The van der Waals surface area contributed by atoms with Gasteiger partial charge < -0.3 is 4.84 Å². The zero-order chi connectivity index (χ0) is 9.72. The van der Waals surface area contributed by atoms with Gasteiger partial charge in [-0.05, 0) is 13.8 Å². The number of hydrogen-bond acceptors (Lipinski definition) is 4. The van der Waals surface area contributed by atoms with E-state index in [-0.39, 0.29) is 17.1 Å². The molecule has 0 spiro atoms. The smallest absolute Gasteiger partial charge is 0.157 e. The van der Waals surface area contributed by atoms with Crippen molar-refractivity contribution in [2.75, 3.05) is 7.11 Å². The van der Waals surface area contributed by atoms with Gasteiger partial charge in [-0.3, -0.25) is 9.59 Å². The number of rotatable bonds is 5. The fourth-order valence-corrected chi connectivity index (χ4v) is 0.721. The Labute approximate surface area is 71.5 Å². The number of carbonyl (C=O) groups is 2. The van der Waals surface area contributed by atoms with Crippen LogP contribution in [0.3, 0.4) is 0 Å². The van der Waals surface area contributed by atoms with Crippen molar-refractivity contribution in [1.29, 1.82) is 0 Å². The van der Waals surface area contributed by atoms with Crippen LogP contribution in [0.1, 0.15) is 13.8 Å². The lowest BCUT2D eigenvalue weighted by Gasteiger charge is -2.14. The summed E-state index contributed by atoms with van der Waals surface area (Å²) >= 11 is 0. The molecule has 12 heavy (non-hydrogen) atoms. The minimum atomic E-state index is -0.729. The predicted molar refractivity (Wildman–Crippen MR) is 44.4 cm³/mol. The number of ketones is 2. The molecule has 0 radical (unpaired) electrons. The van der Waals surface area contributed by atoms with Gasteiger partial charge in [0, 0.05) is 5.57 Å². The van der Waals surface area contributed by atoms with Crippen LogP contribution in [0.25, 0.3) is 0 Å². The minimum Gasteiger partial charge on any atom is -0.304 e. The van der Waals surface area contributed by atoms with Gasteiger partial charge >= 0.3 is 0 Å². The molecular weight excluding hydrogens is 158 g/mol. The molecule has 0 bridgehead atoms. The zero-order valence-corrected chi connectivity index (χ0v) is 7.51. The van der Waals surface area contributed by atoms with Crippen molar-refractivity contribution < 1.29 is 14.4 Å². The molecule has 0 rings (SSSR count). The van der Waals surface area contributed by atoms with E-state index in [4.69, 9.17) is 0 Å². The van der Waals surface area contributed by atoms with E-state index in [0.29, 0.717) is 0 Å². The van der Waals surface area contributed by atoms with Crippen LogP contribution in [-0.2, 0) is 14.4 Å². The van der Waals surface area contributed by atoms with Crippen LogP contribution in [0.15, 0.2) is 12.2 Å². The van der Waals surface area contributed by atoms with Crippen LogP contribution in [0, 0.1) is 0 Å². The van der Waals surface area contributed by atoms with E-state index in [0.717, 1.165) is 0 Å². The SMILES string of the molecule is C=C(C(C)=O)C(NOC)C(C)=O. The van der Waals surface area contributed by atoms with Crippen LogP contribution in [-0.4, -0.2) is 24.7 Å². The quantitative estimate of drug-likeness (QED) is 0.475. The molecule has 1 atom stereocenters. The molecule has 68 valence electrons. The lowest BCUT2D eigenvalue weighted by atomic mass is 10.0. The van der Waals surface area contributed by atoms with E-state index < -0.39 is 6.04 Å². The second kappa shape index (κ2) is 4.79. The molecule has 0 fully saturated rings. The second-order valence-electron chi connectivity index (χ2n) is 2.45. The Morgan fingerprint density at radius 2 is 1.92 bits per heavy atom. The lowest BCUT2D eigenvalue weighted by Crippen LogP contribution is -2.37. The number of carbonyl (C=O) groups excluding carboxylic acids is 2. The van der Waals surface area contributed by atoms with Crippen LogP contribution in [0.4, 0.5) is 0 Å². The molecule has 1 N–H and O–H groups in total. The van der Waals surface area contributed by atoms with Gasteiger partial charge in [0.15, 0.2) is 11.6 Å². The molecule has 0 amide bonds. The average Bonchev–Trinajstić information content (AvgIpc) is 1.98. The summed E-state index contributed by atoms with van der Waals surface area (Å²) in [6.07, 6.45) is 0. The van der Waals surface area contributed by atoms with E-state index in [9.17, 15) is 9.59 Å². The molecular formula is C8H13NO3. The first-order chi connectivity index (χ1) is 5.50. The summed E-state index contributed by atoms with van der Waals surface area (Å²) in [6, 6.07) is -0.729. The van der Waals surface area contributed by atoms with Crippen molar-refractivity contribution in [3.63, 3.8) is 0 Å². The Kier molecular flexibility index (Phi) is 4.39. The largest absolute Gasteiger partial charge is 0.304 e. The third-order valence-corrected chi connectivity index (χ3v) is 1.44. The van der Waals surface area contributed by atoms with E-state index in [1.807, 2.05) is 0 Å². The van der Waals surface area contributed by atoms with E-state index in [1.54, 1.807) is 0 Å². The standard InChI is InChI=1S/C8H13NO3/c1-5(6(2)10)8(7(3)11)9-12-4/h8-9H,1H2,2-4H3. The minimum absolute atomic E-state index is 0.197. The topological polar surface area (TPSA) is 55.4 Å². The Hall–Kier alpha value is -1.00. The highest BCUT2D eigenvalue weighted by Crippen LogP contribution is 2.01. The molecule has 0 aliphatic heterocycles. The first-order valence-electron chi connectivity index (χ1n) is 3.49. The Bertz CT molecular complexity index is 210. The number of nitrogens with one attached hydrogen (secondary N) is 1. The van der Waals surface area contributed by atoms with Gasteiger partial charge in [0.2, 0.25) is 0 Å².